The van der Waals surface area contributed by atoms with E-state index in [4.69, 9.17) is 13.6 Å². The summed E-state index contributed by atoms with van der Waals surface area (Å²) in [4.78, 5) is 80.5. The molecule has 0 radical (unpaired) electrons. The van der Waals surface area contributed by atoms with Crippen molar-refractivity contribution in [2.24, 2.45) is 4.99 Å². The molecule has 14 nitrogen and oxygen atoms in total. The molecule has 103 heavy (non-hydrogen) atoms. The number of anilines is 2. The number of alkyl halides is 1. The Morgan fingerprint density at radius 1 is 0.524 bits per heavy atom. The number of benzene rings is 6. The van der Waals surface area contributed by atoms with E-state index in [1.807, 2.05) is 61.5 Å². The summed E-state index contributed by atoms with van der Waals surface area (Å²) in [5.41, 5.74) is 17.1. The van der Waals surface area contributed by atoms with Gasteiger partial charge in [-0.1, -0.05) is 123 Å². The summed E-state index contributed by atoms with van der Waals surface area (Å²) in [5, 5.41) is 11.8. The summed E-state index contributed by atoms with van der Waals surface area (Å²) in [5.74, 6) is 1.14. The van der Waals surface area contributed by atoms with Crippen molar-refractivity contribution in [2.75, 3.05) is 48.7 Å². The van der Waals surface area contributed by atoms with E-state index in [9.17, 15) is 28.8 Å². The van der Waals surface area contributed by atoms with E-state index >= 15 is 0 Å². The number of ketones is 4. The Labute approximate surface area is 687 Å². The summed E-state index contributed by atoms with van der Waals surface area (Å²) in [7, 11) is 0. The van der Waals surface area contributed by atoms with Crippen molar-refractivity contribution in [3.05, 3.63) is 188 Å². The molecule has 17 heteroatoms. The Hall–Kier alpha value is -6.39. The second-order valence-electron chi connectivity index (χ2n) is 26.3. The quantitative estimate of drug-likeness (QED) is 0.00923. The Morgan fingerprint density at radius 3 is 1.48 bits per heavy atom. The molecule has 6 aliphatic rings. The SMILES string of the molecule is CC1=CC(=O)C(CCCCCCCCCCBr)=CC1=O.CCN=c1cc2oc3cc(NCC)c(C)cc3c(-c3ccccc3[C-]=O)c-2cc1C.CCNc1cc2oc3cc(=[NH+]CC)c(C)cc-3c(-c3ccccc3C(=O)OCCCCCCCCCCC3=CC(=O)C(C)=CC3=O)c2cc1C.[Br-].[Cs+].[OH-]. The molecule has 0 spiro atoms. The molecule has 10 rings (SSSR count). The van der Waals surface area contributed by atoms with Crippen LogP contribution < -0.4 is 112 Å². The normalized spacial score (nSPS) is 13.0. The fourth-order valence-corrected chi connectivity index (χ4v) is 13.5. The number of hydrogen-bond donors (Lipinski definition) is 3. The number of allylic oxidation sites excluding steroid dienone is 8. The number of nitrogens with one attached hydrogen (secondary N) is 3. The molecule has 0 saturated heterocycles. The van der Waals surface area contributed by atoms with Crippen LogP contribution in [0.5, 0.6) is 0 Å². The average molecular weight is 1640 g/mol. The molecule has 0 saturated carbocycles. The molecule has 4 aromatic rings. The maximum Gasteiger partial charge on any atom is 1.00 e. The monoisotopic (exact) mass is 1640 g/mol. The van der Waals surface area contributed by atoms with Gasteiger partial charge < -0.3 is 51.5 Å². The Balaban J connectivity index is 0.000000305. The zero-order valence-corrected chi connectivity index (χ0v) is 71.8. The van der Waals surface area contributed by atoms with Crippen LogP contribution in [0.2, 0.25) is 0 Å². The van der Waals surface area contributed by atoms with E-state index in [-0.39, 0.29) is 120 Å². The molecule has 0 unspecified atom stereocenters. The van der Waals surface area contributed by atoms with Gasteiger partial charge in [0.1, 0.15) is 29.2 Å². The van der Waals surface area contributed by atoms with E-state index in [1.54, 1.807) is 19.9 Å². The number of unbranched alkanes of at least 4 members (excludes halogenated alkanes) is 14. The molecule has 4 aromatic carbocycles. The van der Waals surface area contributed by atoms with Crippen LogP contribution in [0.3, 0.4) is 0 Å². The third kappa shape index (κ3) is 24.1. The second-order valence-corrected chi connectivity index (χ2v) is 27.1. The van der Waals surface area contributed by atoms with Gasteiger partial charge in [0.05, 0.1) is 29.9 Å². The first-order chi connectivity index (χ1) is 48.4. The molecule has 0 amide bonds. The predicted octanol–water partition coefficient (Wildman–Crippen LogP) is 12.3. The molecule has 0 atom stereocenters. The smallest absolute Gasteiger partial charge is 1.00 e. The van der Waals surface area contributed by atoms with Gasteiger partial charge in [0.2, 0.25) is 5.36 Å². The van der Waals surface area contributed by atoms with Crippen molar-refractivity contribution in [3.8, 4) is 44.9 Å². The van der Waals surface area contributed by atoms with Crippen LogP contribution in [-0.4, -0.2) is 79.0 Å². The first-order valence-corrected chi connectivity index (χ1v) is 37.4. The van der Waals surface area contributed by atoms with Crippen LogP contribution in [0.15, 0.2) is 157 Å². The molecular weight excluding hydrogens is 1540 g/mol. The van der Waals surface area contributed by atoms with Crippen molar-refractivity contribution in [3.63, 3.8) is 0 Å². The van der Waals surface area contributed by atoms with Crippen LogP contribution in [0, 0.1) is 27.7 Å². The van der Waals surface area contributed by atoms with Gasteiger partial charge in [0.25, 0.3) is 0 Å². The number of nitrogens with zero attached hydrogens (tertiary/aromatic N) is 1. The number of ether oxygens (including phenoxy) is 1. The molecule has 0 aromatic heterocycles. The van der Waals surface area contributed by atoms with E-state index in [0.29, 0.717) is 53.0 Å². The topological polar surface area (TPSA) is 218 Å². The Bertz CT molecular complexity index is 4480. The zero-order valence-electron chi connectivity index (χ0n) is 62.3. The van der Waals surface area contributed by atoms with Crippen molar-refractivity contribution in [1.82, 2.24) is 0 Å². The maximum atomic E-state index is 13.6. The Kier molecular flexibility index (Phi) is 37.7. The van der Waals surface area contributed by atoms with Crippen molar-refractivity contribution >= 4 is 84.6 Å². The molecule has 0 bridgehead atoms. The van der Waals surface area contributed by atoms with E-state index < -0.39 is 0 Å². The maximum absolute atomic E-state index is 13.6. The van der Waals surface area contributed by atoms with Gasteiger partial charge in [0.15, 0.2) is 23.1 Å². The number of hydrogen-bond acceptors (Lipinski definition) is 13. The first kappa shape index (κ1) is 87.2. The molecule has 2 aliphatic heterocycles. The minimum Gasteiger partial charge on any atom is -1.00 e. The third-order valence-corrected chi connectivity index (χ3v) is 19.1. The minimum atomic E-state index is -0.316. The fraction of sp³-hybridized carbons (Fsp3) is 0.395. The van der Waals surface area contributed by atoms with E-state index in [2.05, 4.69) is 128 Å². The van der Waals surface area contributed by atoms with Gasteiger partial charge in [-0.15, -0.1) is 23.3 Å². The molecule has 4 aliphatic carbocycles. The molecule has 0 fully saturated rings. The van der Waals surface area contributed by atoms with E-state index in [1.165, 1.54) is 62.8 Å². The molecular formula is C86H102Br2CsN4O10-. The van der Waals surface area contributed by atoms with Gasteiger partial charge in [-0.25, -0.2) is 9.79 Å². The Morgan fingerprint density at radius 2 is 0.981 bits per heavy atom. The minimum absolute atomic E-state index is 0. The van der Waals surface area contributed by atoms with Gasteiger partial charge in [-0.05, 0) is 185 Å². The number of carbonyl (C=O) groups is 5. The number of esters is 1. The summed E-state index contributed by atoms with van der Waals surface area (Å²) in [6, 6.07) is 32.0. The fourth-order valence-electron chi connectivity index (χ4n) is 13.1. The van der Waals surface area contributed by atoms with Crippen molar-refractivity contribution in [2.45, 2.75) is 185 Å². The van der Waals surface area contributed by atoms with Crippen LogP contribution >= 0.6 is 15.9 Å². The third-order valence-electron chi connectivity index (χ3n) is 18.6. The first-order valence-electron chi connectivity index (χ1n) is 36.3. The van der Waals surface area contributed by atoms with Gasteiger partial charge in [-0.3, -0.25) is 24.2 Å². The van der Waals surface area contributed by atoms with Crippen LogP contribution in [0.4, 0.5) is 11.4 Å². The number of fused-ring (bicyclic) bond motifs is 4. The van der Waals surface area contributed by atoms with Gasteiger partial charge in [0, 0.05) is 110 Å². The van der Waals surface area contributed by atoms with E-state index in [0.717, 1.165) is 207 Å². The van der Waals surface area contributed by atoms with Crippen LogP contribution in [-0.2, 0) is 28.7 Å². The second kappa shape index (κ2) is 44.5. The largest absolute Gasteiger partial charge is 1.00 e. The number of rotatable bonds is 31. The average Bonchev–Trinajstić information content (AvgIpc) is 0.748. The van der Waals surface area contributed by atoms with Crippen LogP contribution in [0.1, 0.15) is 195 Å². The molecule has 2 heterocycles. The summed E-state index contributed by atoms with van der Waals surface area (Å²) >= 11 is 3.44. The molecule has 4 N–H and O–H groups in total. The number of halogens is 2. The summed E-state index contributed by atoms with van der Waals surface area (Å²) in [6.07, 6.45) is 27.7. The number of aryl methyl sites for hydroxylation is 4. The van der Waals surface area contributed by atoms with Crippen molar-refractivity contribution in [1.29, 1.82) is 0 Å². The standard InChI is InChI=1S/C43H50N2O5.C26H25N2O2.C17H25BrO2.BrH.Cs.H2O/c1-6-44-36-26-40-34(22-28(36)3)42(35-23-29(4)37(45-7-2)27-41(35)50-40)32-19-15-16-20-33(32)43(48)49-21-17-13-11-9-8-10-12-14-18-31-25-38(46)30(5)24-39(31)47;1-5-27-22-13-24-20(11-16(22)3)26(19-10-8-7-9-18(19)15-29)21-12-17(4)23(28-6-2)14-25(21)30-24;1-14-12-17(20)15(13-16(14)19)10-8-6-4-2-3-5-7-9-11-18;;;/h15-16,19-20,22-27,44H,6-14,17-18,21H2,1-5H3;7-14,27H,5-6H2,1-4H3;12-13H,2-11H2,1H3;1H;;1H2/q;-1;;;+1;/p-1. The number of carbonyl (C=O) groups excluding carboxylic acids is 6. The van der Waals surface area contributed by atoms with Gasteiger partial charge >= 0.3 is 74.9 Å². The molecule has 542 valence electrons. The summed E-state index contributed by atoms with van der Waals surface area (Å²) in [6.45, 7) is 23.5. The van der Waals surface area contributed by atoms with Gasteiger partial charge in [-0.2, -0.15) is 6.07 Å². The van der Waals surface area contributed by atoms with Crippen molar-refractivity contribution < 1.29 is 139 Å². The zero-order chi connectivity index (χ0) is 71.7. The van der Waals surface area contributed by atoms with Crippen LogP contribution in [0.25, 0.3) is 66.8 Å². The summed E-state index contributed by atoms with van der Waals surface area (Å²) < 4.78 is 18.8. The predicted molar refractivity (Wildman–Crippen MR) is 412 cm³/mol.